The number of hydrogen-bond donors (Lipinski definition) is 2. The van der Waals surface area contributed by atoms with Crippen molar-refractivity contribution in [3.63, 3.8) is 0 Å². The van der Waals surface area contributed by atoms with E-state index in [-0.39, 0.29) is 0 Å². The molecule has 13 heavy (non-hydrogen) atoms. The van der Waals surface area contributed by atoms with Crippen LogP contribution in [-0.4, -0.2) is 16.5 Å². The molecule has 0 aliphatic heterocycles. The highest BCUT2D eigenvalue weighted by atomic mass is 32.1. The van der Waals surface area contributed by atoms with Crippen LogP contribution in [0.2, 0.25) is 0 Å². The van der Waals surface area contributed by atoms with Crippen molar-refractivity contribution in [2.45, 2.75) is 13.3 Å². The number of thiocarbonyl (C=S) groups is 1. The van der Waals surface area contributed by atoms with Gasteiger partial charge >= 0.3 is 0 Å². The monoisotopic (exact) mass is 195 g/mol. The zero-order valence-electron chi connectivity index (χ0n) is 7.58. The topological polar surface area (TPSA) is 50.9 Å². The Morgan fingerprint density at radius 2 is 2.46 bits per heavy atom. The third-order valence-electron chi connectivity index (χ3n) is 1.65. The first-order valence-electron chi connectivity index (χ1n) is 4.23. The molecule has 0 spiro atoms. The van der Waals surface area contributed by atoms with Crippen LogP contribution in [0.1, 0.15) is 18.9 Å². The maximum absolute atomic E-state index is 5.54. The van der Waals surface area contributed by atoms with Crippen LogP contribution in [-0.2, 0) is 0 Å². The van der Waals surface area contributed by atoms with Gasteiger partial charge in [0.15, 0.2) is 0 Å². The van der Waals surface area contributed by atoms with Gasteiger partial charge in [0.1, 0.15) is 4.99 Å². The summed E-state index contributed by atoms with van der Waals surface area (Å²) >= 11 is 4.90. The Morgan fingerprint density at radius 3 is 3.08 bits per heavy atom. The van der Waals surface area contributed by atoms with Crippen molar-refractivity contribution in [2.75, 3.05) is 11.9 Å². The standard InChI is InChI=1S/C9H13N3S/c1-2-4-12-8-3-5-11-6-7(8)9(10)13/h3,5-6H,2,4H2,1H3,(H2,10,13)(H,11,12). The van der Waals surface area contributed by atoms with Crippen molar-refractivity contribution in [1.29, 1.82) is 0 Å². The first-order valence-corrected chi connectivity index (χ1v) is 4.64. The van der Waals surface area contributed by atoms with Crippen molar-refractivity contribution in [3.05, 3.63) is 24.0 Å². The Balaban J connectivity index is 2.84. The van der Waals surface area contributed by atoms with E-state index in [4.69, 9.17) is 18.0 Å². The largest absolute Gasteiger partial charge is 0.389 e. The molecule has 0 aromatic carbocycles. The highest BCUT2D eigenvalue weighted by Crippen LogP contribution is 2.12. The quantitative estimate of drug-likeness (QED) is 0.715. The lowest BCUT2D eigenvalue weighted by molar-refractivity contribution is 0.978. The summed E-state index contributed by atoms with van der Waals surface area (Å²) in [6, 6.07) is 1.88. The number of hydrogen-bond acceptors (Lipinski definition) is 3. The van der Waals surface area contributed by atoms with Crippen molar-refractivity contribution < 1.29 is 0 Å². The minimum Gasteiger partial charge on any atom is -0.389 e. The van der Waals surface area contributed by atoms with E-state index in [1.165, 1.54) is 0 Å². The predicted molar refractivity (Wildman–Crippen MR) is 58.9 cm³/mol. The molecular weight excluding hydrogens is 182 g/mol. The summed E-state index contributed by atoms with van der Waals surface area (Å²) < 4.78 is 0. The van der Waals surface area contributed by atoms with Gasteiger partial charge in [-0.1, -0.05) is 19.1 Å². The molecule has 0 atom stereocenters. The molecule has 70 valence electrons. The maximum atomic E-state index is 5.54. The molecule has 0 fully saturated rings. The van der Waals surface area contributed by atoms with E-state index < -0.39 is 0 Å². The van der Waals surface area contributed by atoms with Gasteiger partial charge in [0.2, 0.25) is 0 Å². The number of aromatic nitrogens is 1. The van der Waals surface area contributed by atoms with Crippen LogP contribution < -0.4 is 11.1 Å². The second-order valence-corrected chi connectivity index (χ2v) is 3.15. The zero-order valence-corrected chi connectivity index (χ0v) is 8.40. The Morgan fingerprint density at radius 1 is 1.69 bits per heavy atom. The molecule has 1 heterocycles. The van der Waals surface area contributed by atoms with Crippen LogP contribution in [0, 0.1) is 0 Å². The number of nitrogens with zero attached hydrogens (tertiary/aromatic N) is 1. The number of rotatable bonds is 4. The van der Waals surface area contributed by atoms with E-state index >= 15 is 0 Å². The minimum absolute atomic E-state index is 0.381. The fraction of sp³-hybridized carbons (Fsp3) is 0.333. The van der Waals surface area contributed by atoms with Crippen LogP contribution in [0.3, 0.4) is 0 Å². The van der Waals surface area contributed by atoms with Gasteiger partial charge in [0.25, 0.3) is 0 Å². The molecule has 1 rings (SSSR count). The molecule has 0 unspecified atom stereocenters. The molecule has 1 aromatic rings. The van der Waals surface area contributed by atoms with E-state index in [9.17, 15) is 0 Å². The van der Waals surface area contributed by atoms with Crippen LogP contribution in [0.25, 0.3) is 0 Å². The molecule has 3 nitrogen and oxygen atoms in total. The van der Waals surface area contributed by atoms with E-state index in [0.717, 1.165) is 24.2 Å². The second-order valence-electron chi connectivity index (χ2n) is 2.71. The van der Waals surface area contributed by atoms with E-state index in [1.807, 2.05) is 6.07 Å². The number of anilines is 1. The van der Waals surface area contributed by atoms with Gasteiger partial charge in [-0.3, -0.25) is 4.98 Å². The summed E-state index contributed by atoms with van der Waals surface area (Å²) in [6.45, 7) is 3.02. The first-order chi connectivity index (χ1) is 6.25. The highest BCUT2D eigenvalue weighted by molar-refractivity contribution is 7.80. The molecule has 0 amide bonds. The second kappa shape index (κ2) is 4.77. The molecule has 0 aliphatic rings. The van der Waals surface area contributed by atoms with Crippen molar-refractivity contribution >= 4 is 22.9 Å². The third-order valence-corrected chi connectivity index (χ3v) is 1.87. The van der Waals surface area contributed by atoms with E-state index in [0.29, 0.717) is 4.99 Å². The van der Waals surface area contributed by atoms with Crippen LogP contribution in [0.4, 0.5) is 5.69 Å². The first kappa shape index (κ1) is 9.92. The Hall–Kier alpha value is -1.16. The van der Waals surface area contributed by atoms with Crippen molar-refractivity contribution in [1.82, 2.24) is 4.98 Å². The van der Waals surface area contributed by atoms with Gasteiger partial charge in [-0.05, 0) is 12.5 Å². The highest BCUT2D eigenvalue weighted by Gasteiger charge is 2.02. The van der Waals surface area contributed by atoms with Gasteiger partial charge in [0.05, 0.1) is 5.56 Å². The van der Waals surface area contributed by atoms with Crippen LogP contribution in [0.15, 0.2) is 18.5 Å². The predicted octanol–water partition coefficient (Wildman–Crippen LogP) is 1.54. The zero-order chi connectivity index (χ0) is 9.68. The Labute approximate surface area is 83.4 Å². The Bertz CT molecular complexity index is 299. The summed E-state index contributed by atoms with van der Waals surface area (Å²) in [5.41, 5.74) is 7.31. The van der Waals surface area contributed by atoms with E-state index in [1.54, 1.807) is 12.4 Å². The smallest absolute Gasteiger partial charge is 0.107 e. The summed E-state index contributed by atoms with van der Waals surface area (Å²) in [7, 11) is 0. The third kappa shape index (κ3) is 2.66. The van der Waals surface area contributed by atoms with Gasteiger partial charge in [0, 0.05) is 24.6 Å². The molecule has 0 radical (unpaired) electrons. The SMILES string of the molecule is CCCNc1ccncc1C(N)=S. The number of nitrogens with one attached hydrogen (secondary N) is 1. The average Bonchev–Trinajstić information content (AvgIpc) is 2.15. The normalized spacial score (nSPS) is 9.62. The molecule has 1 aromatic heterocycles. The molecule has 0 aliphatic carbocycles. The van der Waals surface area contributed by atoms with Crippen LogP contribution >= 0.6 is 12.2 Å². The number of nitrogens with two attached hydrogens (primary N) is 1. The summed E-state index contributed by atoms with van der Waals surface area (Å²) in [5.74, 6) is 0. The lowest BCUT2D eigenvalue weighted by atomic mass is 10.2. The fourth-order valence-corrected chi connectivity index (χ4v) is 1.17. The molecule has 4 heteroatoms. The maximum Gasteiger partial charge on any atom is 0.107 e. The van der Waals surface area contributed by atoms with Crippen molar-refractivity contribution in [3.8, 4) is 0 Å². The lowest BCUT2D eigenvalue weighted by Gasteiger charge is -2.08. The molecular formula is C9H13N3S. The summed E-state index contributed by atoms with van der Waals surface area (Å²) in [6.07, 6.45) is 4.47. The van der Waals surface area contributed by atoms with Gasteiger partial charge in [-0.25, -0.2) is 0 Å². The van der Waals surface area contributed by atoms with Crippen LogP contribution in [0.5, 0.6) is 0 Å². The molecule has 3 N–H and O–H groups in total. The van der Waals surface area contributed by atoms with Gasteiger partial charge in [-0.15, -0.1) is 0 Å². The molecule has 0 saturated carbocycles. The lowest BCUT2D eigenvalue weighted by Crippen LogP contribution is -2.13. The summed E-state index contributed by atoms with van der Waals surface area (Å²) in [4.78, 5) is 4.35. The molecule has 0 saturated heterocycles. The van der Waals surface area contributed by atoms with Crippen molar-refractivity contribution in [2.24, 2.45) is 5.73 Å². The fourth-order valence-electron chi connectivity index (χ4n) is 1.00. The Kier molecular flexibility index (Phi) is 3.64. The van der Waals surface area contributed by atoms with Gasteiger partial charge in [-0.2, -0.15) is 0 Å². The van der Waals surface area contributed by atoms with E-state index in [2.05, 4.69) is 17.2 Å². The minimum atomic E-state index is 0.381. The van der Waals surface area contributed by atoms with Gasteiger partial charge < -0.3 is 11.1 Å². The molecule has 0 bridgehead atoms. The number of pyridine rings is 1. The average molecular weight is 195 g/mol. The summed E-state index contributed by atoms with van der Waals surface area (Å²) in [5, 5.41) is 3.24.